The molecule has 0 amide bonds. The molecule has 1 aromatic rings. The van der Waals surface area contributed by atoms with Gasteiger partial charge in [-0.3, -0.25) is 4.72 Å². The summed E-state index contributed by atoms with van der Waals surface area (Å²) in [7, 11) is -2.13. The minimum absolute atomic E-state index is 0.0549. The van der Waals surface area contributed by atoms with E-state index < -0.39 is 20.7 Å². The van der Waals surface area contributed by atoms with E-state index in [0.717, 1.165) is 0 Å². The Balaban J connectivity index is 2.28. The fourth-order valence-corrected chi connectivity index (χ4v) is 3.68. The number of rotatable bonds is 6. The fraction of sp³-hybridized carbons (Fsp3) is 0.462. The largest absolute Gasteiger partial charge is 0.478 e. The number of carboxylic acid groups (broad SMARTS) is 1. The molecule has 0 unspecified atom stereocenters. The van der Waals surface area contributed by atoms with Crippen molar-refractivity contribution in [3.63, 3.8) is 0 Å². The molecule has 0 spiro atoms. The van der Waals surface area contributed by atoms with Crippen LogP contribution in [0, 0.1) is 6.92 Å². The lowest BCUT2D eigenvalue weighted by molar-refractivity contribution is 0.0697. The van der Waals surface area contributed by atoms with Crippen LogP contribution < -0.4 is 4.72 Å². The summed E-state index contributed by atoms with van der Waals surface area (Å²) in [5.41, 5.74) is 1.00. The van der Waals surface area contributed by atoms with Crippen LogP contribution in [0.5, 0.6) is 0 Å². The van der Waals surface area contributed by atoms with Crippen molar-refractivity contribution in [2.75, 3.05) is 18.4 Å². The van der Waals surface area contributed by atoms with Crippen molar-refractivity contribution in [1.29, 1.82) is 0 Å². The maximum Gasteiger partial charge on any atom is 0.335 e. The average molecular weight is 299 g/mol. The third-order valence-corrected chi connectivity index (χ3v) is 5.53. The molecule has 7 heteroatoms. The molecule has 0 bridgehead atoms. The Bertz CT molecular complexity index is 634. The Kier molecular flexibility index (Phi) is 3.75. The number of nitrogens with one attached hydrogen (secondary N) is 1. The highest BCUT2D eigenvalue weighted by molar-refractivity contribution is 7.94. The molecule has 0 aromatic heterocycles. The molecule has 110 valence electrons. The van der Waals surface area contributed by atoms with Gasteiger partial charge in [-0.1, -0.05) is 0 Å². The van der Waals surface area contributed by atoms with Crippen molar-refractivity contribution in [3.8, 4) is 0 Å². The number of ether oxygens (including phenoxy) is 1. The lowest BCUT2D eigenvalue weighted by Gasteiger charge is -2.17. The van der Waals surface area contributed by atoms with E-state index in [1.807, 2.05) is 0 Å². The number of aryl methyl sites for hydroxylation is 1. The highest BCUT2D eigenvalue weighted by Crippen LogP contribution is 2.44. The molecule has 1 saturated carbocycles. The van der Waals surface area contributed by atoms with E-state index in [2.05, 4.69) is 4.72 Å². The lowest BCUT2D eigenvalue weighted by Crippen LogP contribution is -2.33. The van der Waals surface area contributed by atoms with Crippen LogP contribution >= 0.6 is 0 Å². The van der Waals surface area contributed by atoms with Crippen molar-refractivity contribution in [3.05, 3.63) is 29.3 Å². The van der Waals surface area contributed by atoms with Crippen molar-refractivity contribution >= 4 is 21.7 Å². The summed E-state index contributed by atoms with van der Waals surface area (Å²) in [6, 6.07) is 4.41. The lowest BCUT2D eigenvalue weighted by atomic mass is 10.1. The molecule has 2 N–H and O–H groups in total. The zero-order valence-electron chi connectivity index (χ0n) is 11.3. The van der Waals surface area contributed by atoms with E-state index in [9.17, 15) is 13.2 Å². The van der Waals surface area contributed by atoms with Gasteiger partial charge in [0.05, 0.1) is 12.2 Å². The number of carbonyl (C=O) groups is 1. The van der Waals surface area contributed by atoms with Crippen molar-refractivity contribution in [1.82, 2.24) is 0 Å². The molecule has 2 rings (SSSR count). The van der Waals surface area contributed by atoms with Gasteiger partial charge in [-0.05, 0) is 43.5 Å². The quantitative estimate of drug-likeness (QED) is 0.832. The van der Waals surface area contributed by atoms with Crippen LogP contribution in [-0.2, 0) is 14.8 Å². The van der Waals surface area contributed by atoms with E-state index >= 15 is 0 Å². The van der Waals surface area contributed by atoms with Gasteiger partial charge in [0, 0.05) is 12.8 Å². The summed E-state index contributed by atoms with van der Waals surface area (Å²) in [6.45, 7) is 1.85. The normalized spacial score (nSPS) is 16.7. The topological polar surface area (TPSA) is 92.7 Å². The Morgan fingerprint density at radius 3 is 2.55 bits per heavy atom. The van der Waals surface area contributed by atoms with Crippen LogP contribution in [0.2, 0.25) is 0 Å². The Morgan fingerprint density at radius 2 is 2.05 bits per heavy atom. The predicted octanol–water partition coefficient (Wildman–Crippen LogP) is 1.61. The first kappa shape index (κ1) is 14.8. The van der Waals surface area contributed by atoms with Gasteiger partial charge in [0.25, 0.3) is 0 Å². The number of carboxylic acids is 1. The highest BCUT2D eigenvalue weighted by atomic mass is 32.2. The molecule has 0 heterocycles. The summed E-state index contributed by atoms with van der Waals surface area (Å²) in [5.74, 6) is -1.09. The Hall–Kier alpha value is -1.60. The first-order chi connectivity index (χ1) is 9.29. The van der Waals surface area contributed by atoms with E-state index in [4.69, 9.17) is 9.84 Å². The van der Waals surface area contributed by atoms with Crippen LogP contribution in [0.15, 0.2) is 18.2 Å². The molecule has 0 radical (unpaired) electrons. The van der Waals surface area contributed by atoms with Crippen molar-refractivity contribution in [2.45, 2.75) is 24.5 Å². The van der Waals surface area contributed by atoms with Crippen LogP contribution in [0.3, 0.4) is 0 Å². The molecule has 6 nitrogen and oxygen atoms in total. The number of benzene rings is 1. The molecular formula is C13H17NO5S. The van der Waals surface area contributed by atoms with E-state index in [-0.39, 0.29) is 17.9 Å². The number of hydrogen-bond acceptors (Lipinski definition) is 4. The zero-order chi connectivity index (χ0) is 15.0. The van der Waals surface area contributed by atoms with Gasteiger partial charge in [0.15, 0.2) is 0 Å². The van der Waals surface area contributed by atoms with E-state index in [0.29, 0.717) is 18.4 Å². The molecule has 1 aliphatic rings. The first-order valence-electron chi connectivity index (χ1n) is 6.16. The predicted molar refractivity (Wildman–Crippen MR) is 74.5 cm³/mol. The maximum absolute atomic E-state index is 12.3. The monoisotopic (exact) mass is 299 g/mol. The van der Waals surface area contributed by atoms with Crippen molar-refractivity contribution < 1.29 is 23.1 Å². The minimum atomic E-state index is -3.59. The number of hydrogen-bond donors (Lipinski definition) is 2. The molecule has 0 saturated heterocycles. The van der Waals surface area contributed by atoms with Gasteiger partial charge in [0.2, 0.25) is 10.0 Å². The number of anilines is 1. The average Bonchev–Trinajstić information content (AvgIpc) is 3.09. The molecular weight excluding hydrogens is 282 g/mol. The Morgan fingerprint density at radius 1 is 1.40 bits per heavy atom. The zero-order valence-corrected chi connectivity index (χ0v) is 12.2. The number of sulfonamides is 1. The molecule has 1 fully saturated rings. The third-order valence-electron chi connectivity index (χ3n) is 3.36. The van der Waals surface area contributed by atoms with Crippen LogP contribution in [-0.4, -0.2) is 38.0 Å². The summed E-state index contributed by atoms with van der Waals surface area (Å²) in [5, 5.41) is 8.99. The minimum Gasteiger partial charge on any atom is -0.478 e. The van der Waals surface area contributed by atoms with Crippen LogP contribution in [0.25, 0.3) is 0 Å². The summed E-state index contributed by atoms with van der Waals surface area (Å²) >= 11 is 0. The summed E-state index contributed by atoms with van der Waals surface area (Å²) in [4.78, 5) is 11.0. The van der Waals surface area contributed by atoms with Gasteiger partial charge in [0.1, 0.15) is 4.75 Å². The first-order valence-corrected chi connectivity index (χ1v) is 7.64. The number of methoxy groups -OCH3 is 1. The highest BCUT2D eigenvalue weighted by Gasteiger charge is 2.54. The second-order valence-corrected chi connectivity index (χ2v) is 7.19. The van der Waals surface area contributed by atoms with Gasteiger partial charge < -0.3 is 9.84 Å². The standard InChI is InChI=1S/C13H17NO5S/c1-9-5-10(12(15)16)7-11(6-9)14-20(17,18)13(3-4-13)8-19-2/h5-7,14H,3-4,8H2,1-2H3,(H,15,16). The maximum atomic E-state index is 12.3. The molecule has 0 aliphatic heterocycles. The molecule has 0 atom stereocenters. The van der Waals surface area contributed by atoms with Crippen LogP contribution in [0.4, 0.5) is 5.69 Å². The van der Waals surface area contributed by atoms with Crippen LogP contribution in [0.1, 0.15) is 28.8 Å². The second kappa shape index (κ2) is 5.06. The van der Waals surface area contributed by atoms with E-state index in [1.165, 1.54) is 19.2 Å². The van der Waals surface area contributed by atoms with Gasteiger partial charge in [-0.15, -0.1) is 0 Å². The smallest absolute Gasteiger partial charge is 0.335 e. The van der Waals surface area contributed by atoms with Gasteiger partial charge in [-0.25, -0.2) is 13.2 Å². The molecule has 1 aliphatic carbocycles. The van der Waals surface area contributed by atoms with Crippen molar-refractivity contribution in [2.24, 2.45) is 0 Å². The van der Waals surface area contributed by atoms with Gasteiger partial charge in [-0.2, -0.15) is 0 Å². The summed E-state index contributed by atoms with van der Waals surface area (Å²) < 4.78 is 31.2. The Labute approximate surface area is 117 Å². The SMILES string of the molecule is COCC1(S(=O)(=O)Nc2cc(C)cc(C(=O)O)c2)CC1. The van der Waals surface area contributed by atoms with E-state index in [1.54, 1.807) is 13.0 Å². The van der Waals surface area contributed by atoms with Gasteiger partial charge >= 0.3 is 5.97 Å². The second-order valence-electron chi connectivity index (χ2n) is 5.11. The third kappa shape index (κ3) is 2.78. The molecule has 1 aromatic carbocycles. The fourth-order valence-electron chi connectivity index (χ4n) is 2.12. The number of aromatic carboxylic acids is 1. The summed E-state index contributed by atoms with van der Waals surface area (Å²) in [6.07, 6.45) is 1.10. The molecule has 20 heavy (non-hydrogen) atoms.